The van der Waals surface area contributed by atoms with Gasteiger partial charge in [0.25, 0.3) is 0 Å². The molecule has 10 nitrogen and oxygen atoms in total. The summed E-state index contributed by atoms with van der Waals surface area (Å²) in [6.45, 7) is 1.13. The number of halogens is 1. The zero-order valence-electron chi connectivity index (χ0n) is 22.2. The second kappa shape index (κ2) is 10.2. The van der Waals surface area contributed by atoms with Gasteiger partial charge in [0, 0.05) is 42.4 Å². The lowest BCUT2D eigenvalue weighted by Gasteiger charge is -2.17. The number of nitrogens with one attached hydrogen (secondary N) is 2. The molecule has 11 heteroatoms. The quantitative estimate of drug-likeness (QED) is 0.307. The fraction of sp³-hybridized carbons (Fsp3) is 0.333. The number of imidazole rings is 1. The summed E-state index contributed by atoms with van der Waals surface area (Å²) in [5.41, 5.74) is 5.06. The van der Waals surface area contributed by atoms with E-state index >= 15 is 0 Å². The minimum Gasteiger partial charge on any atom is -0.364 e. The highest BCUT2D eigenvalue weighted by atomic mass is 35.5. The number of fused-ring (bicyclic) bond motifs is 1. The van der Waals surface area contributed by atoms with Crippen molar-refractivity contribution in [2.24, 2.45) is 5.92 Å². The first-order valence-corrected chi connectivity index (χ1v) is 14.2. The standard InChI is InChI=1S/C30H27ClN8O2/c31-20-6-5-18(12-32)22(9-20)23-10-24(23)30(41)37-27-11-26(34-16-35-27)33-13-21-15-38-14-19(17-3-4-17)8-25(29(38)36-21)39-7-1-2-28(39)40/h5-6,8-9,11,14-17,23-24H,1-4,7,10,13H2,(H2,33,34,35,37,41)/t23-,24+/m1/s1. The van der Waals surface area contributed by atoms with Crippen LogP contribution in [0.5, 0.6) is 0 Å². The number of hydrogen-bond acceptors (Lipinski definition) is 7. The molecule has 41 heavy (non-hydrogen) atoms. The van der Waals surface area contributed by atoms with Crippen molar-refractivity contribution in [2.45, 2.75) is 50.5 Å². The summed E-state index contributed by atoms with van der Waals surface area (Å²) in [7, 11) is 0. The van der Waals surface area contributed by atoms with Gasteiger partial charge in [-0.3, -0.25) is 9.59 Å². The highest BCUT2D eigenvalue weighted by molar-refractivity contribution is 6.30. The molecule has 2 saturated carbocycles. The maximum Gasteiger partial charge on any atom is 0.229 e. The predicted octanol–water partition coefficient (Wildman–Crippen LogP) is 5.01. The molecular weight excluding hydrogens is 540 g/mol. The first-order valence-electron chi connectivity index (χ1n) is 13.8. The molecule has 3 aliphatic rings. The van der Waals surface area contributed by atoms with Gasteiger partial charge in [-0.05, 0) is 72.9 Å². The van der Waals surface area contributed by atoms with Crippen molar-refractivity contribution in [2.75, 3.05) is 22.1 Å². The fourth-order valence-corrected chi connectivity index (χ4v) is 5.85. The minimum atomic E-state index is -0.248. The molecule has 1 saturated heterocycles. The Hall–Kier alpha value is -4.49. The predicted molar refractivity (Wildman–Crippen MR) is 154 cm³/mol. The van der Waals surface area contributed by atoms with Gasteiger partial charge in [-0.25, -0.2) is 15.0 Å². The third-order valence-corrected chi connectivity index (χ3v) is 8.28. The summed E-state index contributed by atoms with van der Waals surface area (Å²) in [6, 6.07) is 11.1. The molecule has 2 atom stereocenters. The molecular formula is C30H27ClN8O2. The molecule has 1 aliphatic heterocycles. The van der Waals surface area contributed by atoms with E-state index in [0.717, 1.165) is 35.6 Å². The Morgan fingerprint density at radius 1 is 1.15 bits per heavy atom. The second-order valence-corrected chi connectivity index (χ2v) is 11.4. The highest BCUT2D eigenvalue weighted by Crippen LogP contribution is 2.49. The molecule has 4 heterocycles. The highest BCUT2D eigenvalue weighted by Gasteiger charge is 2.45. The second-order valence-electron chi connectivity index (χ2n) is 11.0. The van der Waals surface area contributed by atoms with E-state index in [4.69, 9.17) is 16.6 Å². The van der Waals surface area contributed by atoms with Gasteiger partial charge in [0.1, 0.15) is 18.0 Å². The molecule has 3 aromatic heterocycles. The zero-order chi connectivity index (χ0) is 28.1. The van der Waals surface area contributed by atoms with E-state index in [0.29, 0.717) is 47.5 Å². The first-order chi connectivity index (χ1) is 20.0. The number of amides is 2. The molecule has 4 aromatic rings. The van der Waals surface area contributed by atoms with Gasteiger partial charge in [-0.15, -0.1) is 0 Å². The van der Waals surface area contributed by atoms with Gasteiger partial charge in [0.05, 0.1) is 29.6 Å². The van der Waals surface area contributed by atoms with Crippen LogP contribution in [0.1, 0.15) is 66.3 Å². The molecule has 0 spiro atoms. The van der Waals surface area contributed by atoms with E-state index in [2.05, 4.69) is 38.9 Å². The van der Waals surface area contributed by atoms with Crippen LogP contribution in [0.25, 0.3) is 5.65 Å². The normalized spacial score (nSPS) is 19.8. The van der Waals surface area contributed by atoms with Crippen LogP contribution in [0.4, 0.5) is 17.3 Å². The number of benzene rings is 1. The first kappa shape index (κ1) is 25.5. The van der Waals surface area contributed by atoms with Crippen LogP contribution in [0.2, 0.25) is 5.02 Å². The van der Waals surface area contributed by atoms with Crippen molar-refractivity contribution in [3.8, 4) is 6.07 Å². The summed E-state index contributed by atoms with van der Waals surface area (Å²) in [4.78, 5) is 40.7. The molecule has 206 valence electrons. The van der Waals surface area contributed by atoms with Crippen LogP contribution in [0, 0.1) is 17.2 Å². The van der Waals surface area contributed by atoms with Gasteiger partial charge < -0.3 is 19.9 Å². The van der Waals surface area contributed by atoms with Crippen molar-refractivity contribution in [3.63, 3.8) is 0 Å². The van der Waals surface area contributed by atoms with Crippen LogP contribution in [-0.4, -0.2) is 37.7 Å². The van der Waals surface area contributed by atoms with Crippen molar-refractivity contribution >= 4 is 46.4 Å². The summed E-state index contributed by atoms with van der Waals surface area (Å²) in [5, 5.41) is 16.1. The van der Waals surface area contributed by atoms with Gasteiger partial charge in [-0.1, -0.05) is 11.6 Å². The maximum atomic E-state index is 12.9. The maximum absolute atomic E-state index is 12.9. The fourth-order valence-electron chi connectivity index (χ4n) is 5.67. The number of rotatable bonds is 8. The topological polar surface area (TPSA) is 128 Å². The number of nitriles is 1. The Morgan fingerprint density at radius 3 is 2.78 bits per heavy atom. The average molecular weight is 567 g/mol. The Morgan fingerprint density at radius 2 is 2.00 bits per heavy atom. The summed E-state index contributed by atoms with van der Waals surface area (Å²) < 4.78 is 2.03. The number of carbonyl (C=O) groups is 2. The lowest BCUT2D eigenvalue weighted by Crippen LogP contribution is -2.24. The largest absolute Gasteiger partial charge is 0.364 e. The number of pyridine rings is 1. The van der Waals surface area contributed by atoms with Crippen molar-refractivity contribution < 1.29 is 9.59 Å². The molecule has 1 aromatic carbocycles. The SMILES string of the molecule is N#Cc1ccc(Cl)cc1[C@H]1C[C@@H]1C(=O)Nc1cc(NCc2cn3cc(C4CC4)cc(N4CCCC4=O)c3n2)ncn1. The van der Waals surface area contributed by atoms with E-state index in [1.165, 1.54) is 24.7 Å². The monoisotopic (exact) mass is 566 g/mol. The minimum absolute atomic E-state index is 0.0426. The van der Waals surface area contributed by atoms with Gasteiger partial charge in [-0.2, -0.15) is 5.26 Å². The smallest absolute Gasteiger partial charge is 0.229 e. The third-order valence-electron chi connectivity index (χ3n) is 8.05. The molecule has 3 fully saturated rings. The van der Waals surface area contributed by atoms with E-state index in [1.807, 2.05) is 15.5 Å². The van der Waals surface area contributed by atoms with Crippen LogP contribution < -0.4 is 15.5 Å². The van der Waals surface area contributed by atoms with E-state index in [1.54, 1.807) is 24.3 Å². The Kier molecular flexibility index (Phi) is 6.31. The number of carbonyl (C=O) groups excluding carboxylic acids is 2. The average Bonchev–Trinajstić information content (AvgIpc) is 3.89. The number of nitrogens with zero attached hydrogens (tertiary/aromatic N) is 6. The Labute approximate surface area is 241 Å². The number of anilines is 3. The zero-order valence-corrected chi connectivity index (χ0v) is 22.9. The molecule has 0 bridgehead atoms. The lowest BCUT2D eigenvalue weighted by molar-refractivity contribution is -0.118. The van der Waals surface area contributed by atoms with Gasteiger partial charge in [0.2, 0.25) is 11.8 Å². The summed E-state index contributed by atoms with van der Waals surface area (Å²) in [5.74, 6) is 1.20. The third kappa shape index (κ3) is 5.09. The van der Waals surface area contributed by atoms with Crippen LogP contribution in [0.15, 0.2) is 49.1 Å². The van der Waals surface area contributed by atoms with Crippen LogP contribution in [-0.2, 0) is 16.1 Å². The van der Waals surface area contributed by atoms with Crippen molar-refractivity contribution in [3.05, 3.63) is 76.5 Å². The van der Waals surface area contributed by atoms with Crippen LogP contribution >= 0.6 is 11.6 Å². The molecule has 0 radical (unpaired) electrons. The molecule has 7 rings (SSSR count). The number of hydrogen-bond donors (Lipinski definition) is 2. The molecule has 2 amide bonds. The van der Waals surface area contributed by atoms with E-state index in [-0.39, 0.29) is 23.7 Å². The van der Waals surface area contributed by atoms with Gasteiger partial charge >= 0.3 is 0 Å². The van der Waals surface area contributed by atoms with E-state index in [9.17, 15) is 14.9 Å². The summed E-state index contributed by atoms with van der Waals surface area (Å²) >= 11 is 6.13. The van der Waals surface area contributed by atoms with Crippen LogP contribution in [0.3, 0.4) is 0 Å². The van der Waals surface area contributed by atoms with Crippen molar-refractivity contribution in [1.29, 1.82) is 5.26 Å². The lowest BCUT2D eigenvalue weighted by atomic mass is 10.0. The number of aromatic nitrogens is 4. The molecule has 2 N–H and O–H groups in total. The van der Waals surface area contributed by atoms with E-state index < -0.39 is 0 Å². The summed E-state index contributed by atoms with van der Waals surface area (Å²) in [6.07, 6.45) is 9.96. The molecule has 0 unspecified atom stereocenters. The molecule has 2 aliphatic carbocycles. The van der Waals surface area contributed by atoms with Crippen molar-refractivity contribution in [1.82, 2.24) is 19.4 Å². The van der Waals surface area contributed by atoms with Gasteiger partial charge in [0.15, 0.2) is 5.65 Å². The Balaban J connectivity index is 1.04. The Bertz CT molecular complexity index is 1740.